The number of nitrogens with zero attached hydrogens (tertiary/aromatic N) is 2. The van der Waals surface area contributed by atoms with Gasteiger partial charge in [-0.3, -0.25) is 0 Å². The van der Waals surface area contributed by atoms with E-state index in [0.29, 0.717) is 0 Å². The zero-order valence-electron chi connectivity index (χ0n) is 12.5. The molecule has 2 aromatic heterocycles. The topological polar surface area (TPSA) is 49.6 Å². The zero-order chi connectivity index (χ0) is 15.0. The predicted molar refractivity (Wildman–Crippen MR) is 87.7 cm³/mol. The first-order chi connectivity index (χ1) is 10.1. The molecule has 3 rings (SSSR count). The third-order valence-corrected chi connectivity index (χ3v) is 5.15. The molecule has 21 heavy (non-hydrogen) atoms. The van der Waals surface area contributed by atoms with Crippen molar-refractivity contribution in [3.63, 3.8) is 0 Å². The maximum atomic E-state index is 10.7. The Morgan fingerprint density at radius 2 is 2.24 bits per heavy atom. The molecule has 2 heterocycles. The summed E-state index contributed by atoms with van der Waals surface area (Å²) in [5.41, 5.74) is 2.50. The average Bonchev–Trinajstić information content (AvgIpc) is 2.86. The molecule has 5 heteroatoms. The second kappa shape index (κ2) is 5.39. The molecule has 0 aliphatic heterocycles. The van der Waals surface area contributed by atoms with Gasteiger partial charge >= 0.3 is 0 Å². The lowest BCUT2D eigenvalue weighted by Crippen LogP contribution is -2.52. The number of hydrogen-bond acceptors (Lipinski definition) is 3. The molecule has 0 amide bonds. The first-order valence-corrected chi connectivity index (χ1v) is 7.85. The van der Waals surface area contributed by atoms with E-state index < -0.39 is 11.5 Å². The number of rotatable bonds is 2. The number of imidazole rings is 1. The molecule has 0 bridgehead atoms. The maximum absolute atomic E-state index is 10.7. The molecule has 1 fully saturated rings. The van der Waals surface area contributed by atoms with Crippen LogP contribution in [-0.4, -0.2) is 32.6 Å². The Hall–Kier alpha value is -1.46. The zero-order valence-corrected chi connectivity index (χ0v) is 13.3. The van der Waals surface area contributed by atoms with Gasteiger partial charge < -0.3 is 14.8 Å². The molecular formula is C16H21N3OS. The van der Waals surface area contributed by atoms with E-state index in [1.54, 1.807) is 0 Å². The van der Waals surface area contributed by atoms with Crippen LogP contribution < -0.4 is 5.32 Å². The van der Waals surface area contributed by atoms with E-state index in [9.17, 15) is 5.11 Å². The summed E-state index contributed by atoms with van der Waals surface area (Å²) in [6.07, 6.45) is 7.45. The number of fused-ring (bicyclic) bond motifs is 1. The number of aromatic nitrogens is 2. The highest BCUT2D eigenvalue weighted by Gasteiger charge is 2.45. The fourth-order valence-electron chi connectivity index (χ4n) is 3.49. The van der Waals surface area contributed by atoms with Crippen molar-refractivity contribution in [2.75, 3.05) is 7.05 Å². The molecule has 0 radical (unpaired) electrons. The second-order valence-corrected chi connectivity index (χ2v) is 6.29. The van der Waals surface area contributed by atoms with Gasteiger partial charge in [0.25, 0.3) is 0 Å². The number of aryl methyl sites for hydroxylation is 1. The van der Waals surface area contributed by atoms with E-state index in [4.69, 9.17) is 12.2 Å². The van der Waals surface area contributed by atoms with Crippen LogP contribution in [0.1, 0.15) is 36.9 Å². The van der Waals surface area contributed by atoms with Crippen LogP contribution in [0.3, 0.4) is 0 Å². The van der Waals surface area contributed by atoms with Crippen molar-refractivity contribution in [3.8, 4) is 0 Å². The van der Waals surface area contributed by atoms with Crippen LogP contribution in [0.15, 0.2) is 24.5 Å². The summed E-state index contributed by atoms with van der Waals surface area (Å²) in [6, 6.07) is 4.06. The smallest absolute Gasteiger partial charge is 0.136 e. The normalized spacial score (nSPS) is 26.0. The minimum atomic E-state index is -0.477. The predicted octanol–water partition coefficient (Wildman–Crippen LogP) is 2.36. The summed E-state index contributed by atoms with van der Waals surface area (Å²) in [5.74, 6) is 0. The fraction of sp³-hybridized carbons (Fsp3) is 0.500. The summed E-state index contributed by atoms with van der Waals surface area (Å²) >= 11 is 5.58. The quantitative estimate of drug-likeness (QED) is 0.836. The molecular weight excluding hydrogens is 282 g/mol. The Balaban J connectivity index is 2.15. The van der Waals surface area contributed by atoms with Gasteiger partial charge in [0.05, 0.1) is 22.2 Å². The van der Waals surface area contributed by atoms with Crippen LogP contribution in [0.2, 0.25) is 0 Å². The number of likely N-dealkylation sites (N-methyl/N-ethyl adjacent to an activating group) is 1. The van der Waals surface area contributed by atoms with Crippen molar-refractivity contribution in [3.05, 3.63) is 35.8 Å². The van der Waals surface area contributed by atoms with Gasteiger partial charge in [0.2, 0.25) is 0 Å². The largest absolute Gasteiger partial charge is 0.392 e. The SMILES string of the molecule is CNC(=S)[C@]1(c2ccc3nc(C)cn3c2)CCCC[C@H]1O. The highest BCUT2D eigenvalue weighted by molar-refractivity contribution is 7.80. The Kier molecular flexibility index (Phi) is 3.71. The molecule has 2 N–H and O–H groups in total. The van der Waals surface area contributed by atoms with Gasteiger partial charge in [0.1, 0.15) is 5.65 Å². The molecule has 4 nitrogen and oxygen atoms in total. The molecule has 0 spiro atoms. The van der Waals surface area contributed by atoms with Gasteiger partial charge in [-0.2, -0.15) is 0 Å². The summed E-state index contributed by atoms with van der Waals surface area (Å²) in [6.45, 7) is 1.98. The lowest BCUT2D eigenvalue weighted by Gasteiger charge is -2.42. The van der Waals surface area contributed by atoms with E-state index in [2.05, 4.69) is 22.6 Å². The van der Waals surface area contributed by atoms with Gasteiger partial charge in [-0.15, -0.1) is 0 Å². The van der Waals surface area contributed by atoms with E-state index in [0.717, 1.165) is 47.6 Å². The Bertz CT molecular complexity index is 681. The standard InChI is InChI=1S/C16H21N3OS/c1-11-9-19-10-12(6-7-14(19)18-11)16(15(21)17-2)8-4-3-5-13(16)20/h6-7,9-10,13,20H,3-5,8H2,1-2H3,(H,17,21)/t13-,16+/m1/s1. The number of nitrogens with one attached hydrogen (secondary N) is 1. The Morgan fingerprint density at radius 3 is 2.95 bits per heavy atom. The van der Waals surface area contributed by atoms with Crippen LogP contribution in [-0.2, 0) is 5.41 Å². The third kappa shape index (κ3) is 2.24. The van der Waals surface area contributed by atoms with Crippen molar-refractivity contribution in [1.29, 1.82) is 0 Å². The van der Waals surface area contributed by atoms with Gasteiger partial charge in [-0.05, 0) is 31.4 Å². The van der Waals surface area contributed by atoms with Crippen molar-refractivity contribution in [2.45, 2.75) is 44.1 Å². The molecule has 0 unspecified atom stereocenters. The van der Waals surface area contributed by atoms with Crippen molar-refractivity contribution >= 4 is 22.9 Å². The Morgan fingerprint density at radius 1 is 1.43 bits per heavy atom. The van der Waals surface area contributed by atoms with Crippen LogP contribution in [0.4, 0.5) is 0 Å². The van der Waals surface area contributed by atoms with Crippen LogP contribution in [0.5, 0.6) is 0 Å². The van der Waals surface area contributed by atoms with Gasteiger partial charge in [-0.25, -0.2) is 4.98 Å². The fourth-order valence-corrected chi connectivity index (χ4v) is 3.85. The molecule has 1 aliphatic rings. The van der Waals surface area contributed by atoms with Crippen molar-refractivity contribution in [2.24, 2.45) is 0 Å². The first kappa shape index (κ1) is 14.5. The van der Waals surface area contributed by atoms with Crippen molar-refractivity contribution in [1.82, 2.24) is 14.7 Å². The van der Waals surface area contributed by atoms with Gasteiger partial charge in [0.15, 0.2) is 0 Å². The Labute approximate surface area is 130 Å². The summed E-state index contributed by atoms with van der Waals surface area (Å²) in [4.78, 5) is 5.19. The van der Waals surface area contributed by atoms with Gasteiger partial charge in [-0.1, -0.05) is 31.1 Å². The van der Waals surface area contributed by atoms with Crippen LogP contribution >= 0.6 is 12.2 Å². The first-order valence-electron chi connectivity index (χ1n) is 7.44. The number of hydrogen-bond donors (Lipinski definition) is 2. The van der Waals surface area contributed by atoms with E-state index in [1.165, 1.54) is 0 Å². The number of pyridine rings is 1. The monoisotopic (exact) mass is 303 g/mol. The summed E-state index contributed by atoms with van der Waals surface area (Å²) in [7, 11) is 1.84. The molecule has 1 saturated carbocycles. The number of aliphatic hydroxyl groups excluding tert-OH is 1. The highest BCUT2D eigenvalue weighted by atomic mass is 32.1. The van der Waals surface area contributed by atoms with E-state index >= 15 is 0 Å². The molecule has 0 saturated heterocycles. The summed E-state index contributed by atoms with van der Waals surface area (Å²) in [5, 5.41) is 13.8. The van der Waals surface area contributed by atoms with Crippen LogP contribution in [0.25, 0.3) is 5.65 Å². The van der Waals surface area contributed by atoms with Crippen LogP contribution in [0, 0.1) is 6.92 Å². The number of thiocarbonyl (C=S) groups is 1. The molecule has 112 valence electrons. The molecule has 1 aliphatic carbocycles. The lowest BCUT2D eigenvalue weighted by atomic mass is 9.67. The number of aliphatic hydroxyl groups is 1. The minimum absolute atomic E-state index is 0.437. The minimum Gasteiger partial charge on any atom is -0.392 e. The third-order valence-electron chi connectivity index (χ3n) is 4.59. The molecule has 0 aromatic carbocycles. The second-order valence-electron chi connectivity index (χ2n) is 5.88. The maximum Gasteiger partial charge on any atom is 0.136 e. The molecule has 2 aromatic rings. The van der Waals surface area contributed by atoms with Gasteiger partial charge in [0, 0.05) is 19.4 Å². The van der Waals surface area contributed by atoms with E-state index in [-0.39, 0.29) is 0 Å². The van der Waals surface area contributed by atoms with Crippen molar-refractivity contribution < 1.29 is 5.11 Å². The molecule has 2 atom stereocenters. The summed E-state index contributed by atoms with van der Waals surface area (Å²) < 4.78 is 2.02. The lowest BCUT2D eigenvalue weighted by molar-refractivity contribution is 0.0776. The average molecular weight is 303 g/mol. The highest BCUT2D eigenvalue weighted by Crippen LogP contribution is 2.40. The van der Waals surface area contributed by atoms with E-state index in [1.807, 2.05) is 30.6 Å².